The van der Waals surface area contributed by atoms with Crippen LogP contribution in [0.4, 0.5) is 5.82 Å². The first-order valence-electron chi connectivity index (χ1n) is 6.18. The highest BCUT2D eigenvalue weighted by atomic mass is 16.4. The van der Waals surface area contributed by atoms with Crippen LogP contribution in [0.25, 0.3) is 0 Å². The van der Waals surface area contributed by atoms with E-state index in [4.69, 9.17) is 0 Å². The summed E-state index contributed by atoms with van der Waals surface area (Å²) >= 11 is 0. The second kappa shape index (κ2) is 5.64. The summed E-state index contributed by atoms with van der Waals surface area (Å²) in [4.78, 5) is 17.2. The Morgan fingerprint density at radius 2 is 1.90 bits per heavy atom. The van der Waals surface area contributed by atoms with Crippen LogP contribution in [-0.2, 0) is 6.54 Å². The zero-order valence-electron chi connectivity index (χ0n) is 11.7. The van der Waals surface area contributed by atoms with Crippen molar-refractivity contribution in [3.63, 3.8) is 0 Å². The van der Waals surface area contributed by atoms with Crippen LogP contribution in [0.3, 0.4) is 0 Å². The third-order valence-electron chi connectivity index (χ3n) is 3.18. The third-order valence-corrected chi connectivity index (χ3v) is 3.18. The fourth-order valence-electron chi connectivity index (χ4n) is 1.96. The lowest BCUT2D eigenvalue weighted by Gasteiger charge is -2.20. The predicted octanol–water partition coefficient (Wildman–Crippen LogP) is 1.82. The smallest absolute Gasteiger partial charge is 0.339 e. The zero-order valence-corrected chi connectivity index (χ0v) is 11.7. The SMILES string of the molecule is Cc1nnc(N(C)Cc2ccncc2)c(C(=O)O)c1C. The van der Waals surface area contributed by atoms with E-state index in [9.17, 15) is 9.90 Å². The van der Waals surface area contributed by atoms with Crippen molar-refractivity contribution in [1.82, 2.24) is 15.2 Å². The lowest BCUT2D eigenvalue weighted by atomic mass is 10.1. The van der Waals surface area contributed by atoms with Crippen LogP contribution in [0, 0.1) is 13.8 Å². The molecule has 0 amide bonds. The molecule has 0 aromatic carbocycles. The minimum atomic E-state index is -0.989. The molecular weight excluding hydrogens is 256 g/mol. The van der Waals surface area contributed by atoms with E-state index in [1.54, 1.807) is 38.2 Å². The Hall–Kier alpha value is -2.50. The lowest BCUT2D eigenvalue weighted by molar-refractivity contribution is 0.0696. The molecule has 1 N–H and O–H groups in total. The zero-order chi connectivity index (χ0) is 14.7. The molecule has 2 heterocycles. The maximum Gasteiger partial charge on any atom is 0.339 e. The molecule has 0 saturated carbocycles. The maximum atomic E-state index is 11.4. The van der Waals surface area contributed by atoms with E-state index in [0.29, 0.717) is 23.6 Å². The van der Waals surface area contributed by atoms with Crippen LogP contribution < -0.4 is 4.90 Å². The molecule has 2 aromatic heterocycles. The molecule has 0 radical (unpaired) electrons. The molecule has 6 heteroatoms. The number of hydrogen-bond donors (Lipinski definition) is 1. The van der Waals surface area contributed by atoms with Gasteiger partial charge in [0.1, 0.15) is 5.56 Å². The highest BCUT2D eigenvalue weighted by Crippen LogP contribution is 2.22. The Labute approximate surface area is 117 Å². The Morgan fingerprint density at radius 1 is 1.25 bits per heavy atom. The molecule has 2 aromatic rings. The van der Waals surface area contributed by atoms with Gasteiger partial charge in [-0.15, -0.1) is 5.10 Å². The number of carbonyl (C=O) groups is 1. The van der Waals surface area contributed by atoms with Crippen molar-refractivity contribution < 1.29 is 9.90 Å². The van der Waals surface area contributed by atoms with E-state index in [2.05, 4.69) is 15.2 Å². The number of carboxylic acid groups (broad SMARTS) is 1. The number of nitrogens with zero attached hydrogens (tertiary/aromatic N) is 4. The molecule has 6 nitrogen and oxygen atoms in total. The van der Waals surface area contributed by atoms with Crippen LogP contribution in [-0.4, -0.2) is 33.3 Å². The van der Waals surface area contributed by atoms with Gasteiger partial charge in [-0.05, 0) is 37.1 Å². The van der Waals surface area contributed by atoms with Crippen molar-refractivity contribution in [1.29, 1.82) is 0 Å². The van der Waals surface area contributed by atoms with Crippen LogP contribution in [0.2, 0.25) is 0 Å². The molecule has 20 heavy (non-hydrogen) atoms. The Morgan fingerprint density at radius 3 is 2.50 bits per heavy atom. The molecule has 0 unspecified atom stereocenters. The van der Waals surface area contributed by atoms with Gasteiger partial charge < -0.3 is 10.0 Å². The third kappa shape index (κ3) is 2.74. The summed E-state index contributed by atoms with van der Waals surface area (Å²) in [6.07, 6.45) is 3.40. The van der Waals surface area contributed by atoms with E-state index < -0.39 is 5.97 Å². The van der Waals surface area contributed by atoms with Crippen LogP contribution in [0.1, 0.15) is 27.2 Å². The molecule has 104 valence electrons. The van der Waals surface area contributed by atoms with Crippen molar-refractivity contribution in [2.45, 2.75) is 20.4 Å². The number of anilines is 1. The van der Waals surface area contributed by atoms with E-state index in [-0.39, 0.29) is 5.56 Å². The van der Waals surface area contributed by atoms with Gasteiger partial charge in [-0.25, -0.2) is 4.79 Å². The molecule has 0 aliphatic heterocycles. The van der Waals surface area contributed by atoms with Gasteiger partial charge in [0.25, 0.3) is 0 Å². The normalized spacial score (nSPS) is 10.3. The average molecular weight is 272 g/mol. The van der Waals surface area contributed by atoms with Crippen molar-refractivity contribution in [3.05, 3.63) is 46.9 Å². The van der Waals surface area contributed by atoms with Gasteiger partial charge in [0, 0.05) is 26.0 Å². The molecular formula is C14H16N4O2. The molecule has 0 fully saturated rings. The monoisotopic (exact) mass is 272 g/mol. The van der Waals surface area contributed by atoms with Crippen LogP contribution in [0.15, 0.2) is 24.5 Å². The summed E-state index contributed by atoms with van der Waals surface area (Å²) in [5.41, 5.74) is 2.50. The fourth-order valence-corrected chi connectivity index (χ4v) is 1.96. The number of aromatic nitrogens is 3. The molecule has 0 bridgehead atoms. The Kier molecular flexibility index (Phi) is 3.93. The van der Waals surface area contributed by atoms with E-state index in [0.717, 1.165) is 5.56 Å². The number of pyridine rings is 1. The summed E-state index contributed by atoms with van der Waals surface area (Å²) < 4.78 is 0. The van der Waals surface area contributed by atoms with Crippen molar-refractivity contribution in [2.75, 3.05) is 11.9 Å². The number of carboxylic acids is 1. The minimum Gasteiger partial charge on any atom is -0.478 e. The van der Waals surface area contributed by atoms with Gasteiger partial charge in [0.2, 0.25) is 0 Å². The quantitative estimate of drug-likeness (QED) is 0.914. The molecule has 2 rings (SSSR count). The Bertz CT molecular complexity index is 629. The van der Waals surface area contributed by atoms with Gasteiger partial charge in [0.15, 0.2) is 5.82 Å². The number of hydrogen-bond acceptors (Lipinski definition) is 5. The second-order valence-corrected chi connectivity index (χ2v) is 4.63. The average Bonchev–Trinajstić information content (AvgIpc) is 2.42. The predicted molar refractivity (Wildman–Crippen MR) is 74.8 cm³/mol. The standard InChI is InChI=1S/C14H16N4O2/c1-9-10(2)16-17-13(12(9)14(19)20)18(3)8-11-4-6-15-7-5-11/h4-7H,8H2,1-3H3,(H,19,20). The van der Waals surface area contributed by atoms with Gasteiger partial charge in [-0.1, -0.05) is 0 Å². The van der Waals surface area contributed by atoms with E-state index in [1.807, 2.05) is 12.1 Å². The first-order valence-corrected chi connectivity index (χ1v) is 6.18. The topological polar surface area (TPSA) is 79.2 Å². The molecule has 0 aliphatic carbocycles. The number of aromatic carboxylic acids is 1. The summed E-state index contributed by atoms with van der Waals surface area (Å²) in [6, 6.07) is 3.76. The summed E-state index contributed by atoms with van der Waals surface area (Å²) in [7, 11) is 1.80. The highest BCUT2D eigenvalue weighted by Gasteiger charge is 2.20. The number of rotatable bonds is 4. The van der Waals surface area contributed by atoms with Gasteiger partial charge in [-0.3, -0.25) is 4.98 Å². The largest absolute Gasteiger partial charge is 0.478 e. The van der Waals surface area contributed by atoms with Crippen LogP contribution >= 0.6 is 0 Å². The maximum absolute atomic E-state index is 11.4. The van der Waals surface area contributed by atoms with Crippen molar-refractivity contribution in [2.24, 2.45) is 0 Å². The van der Waals surface area contributed by atoms with Crippen molar-refractivity contribution >= 4 is 11.8 Å². The fraction of sp³-hybridized carbons (Fsp3) is 0.286. The van der Waals surface area contributed by atoms with E-state index in [1.165, 1.54) is 0 Å². The molecule has 0 spiro atoms. The Balaban J connectivity index is 2.37. The van der Waals surface area contributed by atoms with Gasteiger partial charge >= 0.3 is 5.97 Å². The van der Waals surface area contributed by atoms with Gasteiger partial charge in [0.05, 0.1) is 5.69 Å². The second-order valence-electron chi connectivity index (χ2n) is 4.63. The molecule has 0 saturated heterocycles. The molecule has 0 atom stereocenters. The summed E-state index contributed by atoms with van der Waals surface area (Å²) in [5.74, 6) is -0.616. The highest BCUT2D eigenvalue weighted by molar-refractivity contribution is 5.95. The van der Waals surface area contributed by atoms with Crippen LogP contribution in [0.5, 0.6) is 0 Å². The number of aryl methyl sites for hydroxylation is 1. The van der Waals surface area contributed by atoms with E-state index >= 15 is 0 Å². The first-order chi connectivity index (χ1) is 9.50. The summed E-state index contributed by atoms with van der Waals surface area (Å²) in [6.45, 7) is 4.04. The minimum absolute atomic E-state index is 0.203. The van der Waals surface area contributed by atoms with Crippen molar-refractivity contribution in [3.8, 4) is 0 Å². The molecule has 0 aliphatic rings. The summed E-state index contributed by atoms with van der Waals surface area (Å²) in [5, 5.41) is 17.4. The van der Waals surface area contributed by atoms with Gasteiger partial charge in [-0.2, -0.15) is 5.10 Å². The lowest BCUT2D eigenvalue weighted by Crippen LogP contribution is -2.22. The first kappa shape index (κ1) is 13.9.